The Bertz CT molecular complexity index is 1070. The van der Waals surface area contributed by atoms with Crippen LogP contribution in [0, 0.1) is 0 Å². The van der Waals surface area contributed by atoms with E-state index in [1.807, 2.05) is 6.07 Å². The summed E-state index contributed by atoms with van der Waals surface area (Å²) in [6.45, 7) is 3.51. The van der Waals surface area contributed by atoms with Crippen molar-refractivity contribution in [3.8, 4) is 17.1 Å². The van der Waals surface area contributed by atoms with Crippen molar-refractivity contribution in [3.05, 3.63) is 66.5 Å². The second-order valence-electron chi connectivity index (χ2n) is 5.48. The Morgan fingerprint density at radius 1 is 1.17 bits per heavy atom. The molecule has 3 aromatic rings. The van der Waals surface area contributed by atoms with Gasteiger partial charge in [-0.1, -0.05) is 30.8 Å². The number of hydrogen-bond donors (Lipinski definition) is 1. The summed E-state index contributed by atoms with van der Waals surface area (Å²) in [5.41, 5.74) is 1.77. The van der Waals surface area contributed by atoms with E-state index in [0.717, 1.165) is 0 Å². The smallest absolute Gasteiger partial charge is 0.183 e. The van der Waals surface area contributed by atoms with Crippen molar-refractivity contribution in [2.75, 3.05) is 0 Å². The summed E-state index contributed by atoms with van der Waals surface area (Å²) in [5.74, 6) is 0.0343. The van der Waals surface area contributed by atoms with Crippen molar-refractivity contribution in [3.63, 3.8) is 0 Å². The summed E-state index contributed by atoms with van der Waals surface area (Å²) in [6, 6.07) is 12.1. The Morgan fingerprint density at radius 3 is 2.62 bits per heavy atom. The Hall–Kier alpha value is -2.93. The van der Waals surface area contributed by atoms with Crippen LogP contribution in [0.1, 0.15) is 11.3 Å². The van der Waals surface area contributed by atoms with Crippen LogP contribution in [0.4, 0.5) is 0 Å². The van der Waals surface area contributed by atoms with Gasteiger partial charge in [-0.25, -0.2) is 18.1 Å². The van der Waals surface area contributed by atoms with Gasteiger partial charge in [0.2, 0.25) is 0 Å². The van der Waals surface area contributed by atoms with Gasteiger partial charge in [0.25, 0.3) is 0 Å². The van der Waals surface area contributed by atoms with Gasteiger partial charge in [0.05, 0.1) is 16.3 Å². The maximum absolute atomic E-state index is 12.6. The predicted molar refractivity (Wildman–Crippen MR) is 89.3 cm³/mol. The number of rotatable bonds is 2. The number of benzene rings is 1. The molecule has 0 spiro atoms. The van der Waals surface area contributed by atoms with Crippen molar-refractivity contribution in [2.45, 2.75) is 10.6 Å². The zero-order valence-corrected chi connectivity index (χ0v) is 13.4. The lowest BCUT2D eigenvalue weighted by molar-refractivity contribution is 0.508. The average molecular weight is 339 g/mol. The molecule has 1 aliphatic heterocycles. The van der Waals surface area contributed by atoms with Crippen LogP contribution >= 0.6 is 0 Å². The molecule has 0 radical (unpaired) electrons. The molecular weight excluding hydrogens is 326 g/mol. The monoisotopic (exact) mass is 339 g/mol. The Morgan fingerprint density at radius 2 is 1.92 bits per heavy atom. The molecule has 1 N–H and O–H groups in total. The average Bonchev–Trinajstić information content (AvgIpc) is 2.95. The predicted octanol–water partition coefficient (Wildman–Crippen LogP) is 2.75. The standard InChI is InChI=1S/C17H13N3O3S/c1-11(21)16-13-10-24(22,23)14-7-3-2-6-12(14)17(13)20(19-16)15-8-4-5-9-18-15/h2-9,21H,1,10H2. The summed E-state index contributed by atoms with van der Waals surface area (Å²) < 4.78 is 26.7. The molecular formula is C17H13N3O3S. The number of pyridine rings is 1. The lowest BCUT2D eigenvalue weighted by atomic mass is 10.1. The molecule has 0 saturated carbocycles. The molecule has 0 amide bonds. The number of aromatic nitrogens is 3. The maximum Gasteiger partial charge on any atom is 0.183 e. The van der Waals surface area contributed by atoms with E-state index in [2.05, 4.69) is 16.7 Å². The molecule has 3 heterocycles. The molecule has 4 rings (SSSR count). The first-order valence-corrected chi connectivity index (χ1v) is 8.88. The molecule has 1 aliphatic rings. The second kappa shape index (κ2) is 5.04. The molecule has 0 unspecified atom stereocenters. The summed E-state index contributed by atoms with van der Waals surface area (Å²) in [6.07, 6.45) is 1.63. The first kappa shape index (κ1) is 14.6. The van der Waals surface area contributed by atoms with Gasteiger partial charge in [0.1, 0.15) is 11.5 Å². The molecule has 24 heavy (non-hydrogen) atoms. The van der Waals surface area contributed by atoms with Gasteiger partial charge in [-0.05, 0) is 18.2 Å². The topological polar surface area (TPSA) is 85.1 Å². The third-order valence-electron chi connectivity index (χ3n) is 3.93. The number of aliphatic hydroxyl groups is 1. The van der Waals surface area contributed by atoms with Crippen LogP contribution in [-0.4, -0.2) is 28.3 Å². The van der Waals surface area contributed by atoms with Gasteiger partial charge >= 0.3 is 0 Å². The van der Waals surface area contributed by atoms with E-state index in [1.54, 1.807) is 47.3 Å². The summed E-state index contributed by atoms with van der Waals surface area (Å²) >= 11 is 0. The third kappa shape index (κ3) is 2.05. The molecule has 0 fully saturated rings. The first-order chi connectivity index (χ1) is 11.5. The molecule has 0 aliphatic carbocycles. The van der Waals surface area contributed by atoms with Crippen LogP contribution in [0.2, 0.25) is 0 Å². The minimum Gasteiger partial charge on any atom is -0.506 e. The normalized spacial score (nSPS) is 14.7. The fraction of sp³-hybridized carbons (Fsp3) is 0.0588. The molecule has 120 valence electrons. The second-order valence-corrected chi connectivity index (χ2v) is 7.44. The van der Waals surface area contributed by atoms with Crippen LogP contribution in [0.15, 0.2) is 60.1 Å². The van der Waals surface area contributed by atoms with Gasteiger partial charge in [-0.2, -0.15) is 5.10 Å². The molecule has 6 nitrogen and oxygen atoms in total. The van der Waals surface area contributed by atoms with Crippen molar-refractivity contribution in [1.29, 1.82) is 0 Å². The van der Waals surface area contributed by atoms with Crippen LogP contribution < -0.4 is 0 Å². The zero-order chi connectivity index (χ0) is 16.9. The van der Waals surface area contributed by atoms with Crippen molar-refractivity contribution in [2.24, 2.45) is 0 Å². The van der Waals surface area contributed by atoms with E-state index in [-0.39, 0.29) is 22.1 Å². The number of sulfone groups is 1. The fourth-order valence-electron chi connectivity index (χ4n) is 2.94. The van der Waals surface area contributed by atoms with E-state index >= 15 is 0 Å². The van der Waals surface area contributed by atoms with Crippen LogP contribution in [0.25, 0.3) is 22.8 Å². The lowest BCUT2D eigenvalue weighted by Crippen LogP contribution is -2.14. The van der Waals surface area contributed by atoms with Gasteiger partial charge in [-0.15, -0.1) is 0 Å². The van der Waals surface area contributed by atoms with Gasteiger partial charge in [0, 0.05) is 17.3 Å². The van der Waals surface area contributed by atoms with Crippen LogP contribution in [0.5, 0.6) is 0 Å². The molecule has 0 atom stereocenters. The quantitative estimate of drug-likeness (QED) is 0.726. The molecule has 0 saturated heterocycles. The molecule has 1 aromatic carbocycles. The zero-order valence-electron chi connectivity index (χ0n) is 12.5. The minimum absolute atomic E-state index is 0.175. The number of hydrogen-bond acceptors (Lipinski definition) is 5. The van der Waals surface area contributed by atoms with Crippen molar-refractivity contribution >= 4 is 15.6 Å². The van der Waals surface area contributed by atoms with Gasteiger partial charge < -0.3 is 5.11 Å². The molecule has 0 bridgehead atoms. The highest BCUT2D eigenvalue weighted by Gasteiger charge is 2.34. The summed E-state index contributed by atoms with van der Waals surface area (Å²) in [5, 5.41) is 14.2. The molecule has 2 aromatic heterocycles. The first-order valence-electron chi connectivity index (χ1n) is 7.23. The Kier molecular flexibility index (Phi) is 3.07. The van der Waals surface area contributed by atoms with E-state index < -0.39 is 9.84 Å². The lowest BCUT2D eigenvalue weighted by Gasteiger charge is -2.18. The Labute approximate surface area is 138 Å². The molecule has 7 heteroatoms. The maximum atomic E-state index is 12.6. The fourth-order valence-corrected chi connectivity index (χ4v) is 4.54. The van der Waals surface area contributed by atoms with Crippen molar-refractivity contribution < 1.29 is 13.5 Å². The summed E-state index contributed by atoms with van der Waals surface area (Å²) in [7, 11) is -3.51. The number of nitrogens with zero attached hydrogens (tertiary/aromatic N) is 3. The Balaban J connectivity index is 2.12. The SMILES string of the molecule is C=C(O)c1nn(-c2ccccn2)c2c1CS(=O)(=O)c1ccccc1-2. The van der Waals surface area contributed by atoms with E-state index in [4.69, 9.17) is 0 Å². The summed E-state index contributed by atoms with van der Waals surface area (Å²) in [4.78, 5) is 4.53. The largest absolute Gasteiger partial charge is 0.506 e. The van der Waals surface area contributed by atoms with Crippen molar-refractivity contribution in [1.82, 2.24) is 14.8 Å². The third-order valence-corrected chi connectivity index (χ3v) is 5.63. The van der Waals surface area contributed by atoms with E-state index in [9.17, 15) is 13.5 Å². The van der Waals surface area contributed by atoms with Crippen LogP contribution in [-0.2, 0) is 15.6 Å². The van der Waals surface area contributed by atoms with Gasteiger partial charge in [0.15, 0.2) is 15.7 Å². The number of fused-ring (bicyclic) bond motifs is 3. The number of aliphatic hydroxyl groups excluding tert-OH is 1. The highest BCUT2D eigenvalue weighted by Crippen LogP contribution is 2.41. The van der Waals surface area contributed by atoms with Crippen LogP contribution in [0.3, 0.4) is 0 Å². The van der Waals surface area contributed by atoms with Gasteiger partial charge in [-0.3, -0.25) is 0 Å². The highest BCUT2D eigenvalue weighted by atomic mass is 32.2. The van der Waals surface area contributed by atoms with E-state index in [0.29, 0.717) is 22.6 Å². The minimum atomic E-state index is -3.51. The van der Waals surface area contributed by atoms with E-state index in [1.165, 1.54) is 0 Å². The highest BCUT2D eigenvalue weighted by molar-refractivity contribution is 7.90.